The van der Waals surface area contributed by atoms with E-state index in [0.717, 1.165) is 57.2 Å². The third-order valence-corrected chi connectivity index (χ3v) is 11.7. The van der Waals surface area contributed by atoms with Crippen LogP contribution in [0.25, 0.3) is 22.2 Å². The topological polar surface area (TPSA) is 92.4 Å². The van der Waals surface area contributed by atoms with Gasteiger partial charge in [-0.3, -0.25) is 9.88 Å². The van der Waals surface area contributed by atoms with Crippen molar-refractivity contribution >= 4 is 34.0 Å². The second-order valence-corrected chi connectivity index (χ2v) is 14.7. The molecular formula is C34H37ClF5N7O. The molecule has 1 aromatic carbocycles. The van der Waals surface area contributed by atoms with Gasteiger partial charge < -0.3 is 20.7 Å². The highest BCUT2D eigenvalue weighted by Crippen LogP contribution is 2.47. The third kappa shape index (κ3) is 5.27. The Balaban J connectivity index is 1.24. The van der Waals surface area contributed by atoms with Crippen molar-refractivity contribution in [3.8, 4) is 17.3 Å². The molecular weight excluding hydrogens is 653 g/mol. The average Bonchev–Trinajstić information content (AvgIpc) is 3.83. The number of pyridine rings is 1. The van der Waals surface area contributed by atoms with Gasteiger partial charge in [-0.05, 0) is 75.1 Å². The van der Waals surface area contributed by atoms with Crippen LogP contribution in [0.4, 0.5) is 33.5 Å². The summed E-state index contributed by atoms with van der Waals surface area (Å²) in [6.07, 6.45) is 6.04. The number of alkyl halides is 3. The summed E-state index contributed by atoms with van der Waals surface area (Å²) in [6, 6.07) is 2.13. The fourth-order valence-electron chi connectivity index (χ4n) is 9.28. The fraction of sp³-hybridized carbons (Fsp3) is 0.559. The van der Waals surface area contributed by atoms with Crippen LogP contribution in [0.3, 0.4) is 0 Å². The van der Waals surface area contributed by atoms with E-state index in [1.807, 2.05) is 0 Å². The Morgan fingerprint density at radius 2 is 1.94 bits per heavy atom. The number of benzene rings is 1. The van der Waals surface area contributed by atoms with Gasteiger partial charge in [0.1, 0.15) is 23.6 Å². The molecule has 5 fully saturated rings. The molecule has 3 N–H and O–H groups in total. The Labute approximate surface area is 279 Å². The van der Waals surface area contributed by atoms with E-state index in [0.29, 0.717) is 49.7 Å². The first-order valence-corrected chi connectivity index (χ1v) is 17.1. The number of aromatic nitrogens is 3. The largest absolute Gasteiger partial charge is 0.461 e. The molecule has 1 saturated carbocycles. The normalized spacial score (nSPS) is 28.7. The monoisotopic (exact) mass is 689 g/mol. The first-order valence-electron chi connectivity index (χ1n) is 16.7. The van der Waals surface area contributed by atoms with Crippen molar-refractivity contribution in [1.82, 2.24) is 25.2 Å². The molecule has 3 aromatic rings. The van der Waals surface area contributed by atoms with Gasteiger partial charge in [0.25, 0.3) is 0 Å². The molecule has 8 rings (SSSR count). The first-order chi connectivity index (χ1) is 23.0. The fourth-order valence-corrected chi connectivity index (χ4v) is 9.61. The summed E-state index contributed by atoms with van der Waals surface area (Å²) in [7, 11) is 0. The summed E-state index contributed by atoms with van der Waals surface area (Å²) in [5.41, 5.74) is 3.38. The zero-order valence-electron chi connectivity index (χ0n) is 26.4. The summed E-state index contributed by atoms with van der Waals surface area (Å²) in [5, 5.41) is 3.52. The van der Waals surface area contributed by atoms with Gasteiger partial charge in [-0.15, -0.1) is 0 Å². The highest BCUT2D eigenvalue weighted by molar-refractivity contribution is 6.32. The minimum absolute atomic E-state index is 0.0659. The quantitative estimate of drug-likeness (QED) is 0.210. The second-order valence-electron chi connectivity index (χ2n) is 14.3. The van der Waals surface area contributed by atoms with Crippen molar-refractivity contribution in [2.45, 2.75) is 81.1 Å². The number of halogens is 6. The number of nitrogens with one attached hydrogen (secondary N) is 1. The van der Waals surface area contributed by atoms with Crippen molar-refractivity contribution in [3.63, 3.8) is 0 Å². The second kappa shape index (κ2) is 11.7. The number of fused-ring (bicyclic) bond motifs is 4. The number of rotatable bonds is 6. The van der Waals surface area contributed by atoms with E-state index in [1.165, 1.54) is 19.0 Å². The number of nitrogens with zero attached hydrogens (tertiary/aromatic N) is 5. The zero-order valence-corrected chi connectivity index (χ0v) is 27.1. The minimum Gasteiger partial charge on any atom is -0.461 e. The van der Waals surface area contributed by atoms with Gasteiger partial charge in [0.2, 0.25) is 0 Å². The molecule has 3 atom stereocenters. The Kier molecular flexibility index (Phi) is 7.76. The summed E-state index contributed by atoms with van der Waals surface area (Å²) in [5.74, 6) is -0.111. The molecule has 5 aliphatic rings. The lowest BCUT2D eigenvalue weighted by molar-refractivity contribution is -0.137. The van der Waals surface area contributed by atoms with Crippen LogP contribution in [0.2, 0.25) is 5.02 Å². The summed E-state index contributed by atoms with van der Waals surface area (Å²) in [6.45, 7) is 2.75. The Morgan fingerprint density at radius 1 is 1.12 bits per heavy atom. The maximum absolute atomic E-state index is 16.7. The molecule has 0 amide bonds. The molecule has 14 heteroatoms. The molecule has 256 valence electrons. The van der Waals surface area contributed by atoms with Crippen LogP contribution < -0.4 is 20.7 Å². The SMILES string of the molecule is Nc1cc(Cl)c(C(F)(F)F)c(-c2ncc3c(N4C[C@@H]5CC[C@](C6CCCC6)(C4)N5)nc(OC[C@@]45CCCN4C/C(=C\F)C5)nc3c2F)c1. The van der Waals surface area contributed by atoms with Crippen LogP contribution >= 0.6 is 11.6 Å². The molecule has 4 saturated heterocycles. The molecule has 0 spiro atoms. The predicted octanol–water partition coefficient (Wildman–Crippen LogP) is 7.06. The van der Waals surface area contributed by atoms with Crippen LogP contribution in [-0.4, -0.2) is 69.8 Å². The van der Waals surface area contributed by atoms with Gasteiger partial charge in [0, 0.05) is 48.7 Å². The van der Waals surface area contributed by atoms with E-state index in [9.17, 15) is 17.6 Å². The van der Waals surface area contributed by atoms with Crippen LogP contribution in [0.5, 0.6) is 6.01 Å². The number of piperazine rings is 1. The van der Waals surface area contributed by atoms with Gasteiger partial charge in [-0.25, -0.2) is 8.78 Å². The lowest BCUT2D eigenvalue weighted by Gasteiger charge is -2.45. The molecule has 6 heterocycles. The number of anilines is 2. The maximum Gasteiger partial charge on any atom is 0.418 e. The number of hydrogen-bond donors (Lipinski definition) is 2. The molecule has 2 aromatic heterocycles. The van der Waals surface area contributed by atoms with Gasteiger partial charge in [0.05, 0.1) is 27.8 Å². The van der Waals surface area contributed by atoms with Crippen molar-refractivity contribution < 1.29 is 26.7 Å². The van der Waals surface area contributed by atoms with E-state index in [4.69, 9.17) is 27.1 Å². The minimum atomic E-state index is -4.90. The highest BCUT2D eigenvalue weighted by Gasteiger charge is 2.51. The Morgan fingerprint density at radius 3 is 2.71 bits per heavy atom. The first kappa shape index (κ1) is 31.9. The van der Waals surface area contributed by atoms with E-state index in [1.54, 1.807) is 0 Å². The van der Waals surface area contributed by atoms with Crippen LogP contribution in [0, 0.1) is 11.7 Å². The Bertz CT molecular complexity index is 1800. The summed E-state index contributed by atoms with van der Waals surface area (Å²) >= 11 is 6.02. The van der Waals surface area contributed by atoms with Crippen molar-refractivity contribution in [2.75, 3.05) is 43.4 Å². The summed E-state index contributed by atoms with van der Waals surface area (Å²) in [4.78, 5) is 17.9. The van der Waals surface area contributed by atoms with Crippen molar-refractivity contribution in [1.29, 1.82) is 0 Å². The number of nitrogens with two attached hydrogens (primary N) is 1. The molecule has 0 unspecified atom stereocenters. The van der Waals surface area contributed by atoms with Crippen LogP contribution in [0.15, 0.2) is 30.2 Å². The smallest absolute Gasteiger partial charge is 0.418 e. The molecule has 4 aliphatic heterocycles. The van der Waals surface area contributed by atoms with E-state index in [2.05, 4.69) is 25.1 Å². The summed E-state index contributed by atoms with van der Waals surface area (Å²) < 4.78 is 79.2. The maximum atomic E-state index is 16.7. The Hall–Kier alpha value is -3.29. The lowest BCUT2D eigenvalue weighted by atomic mass is 9.80. The van der Waals surface area contributed by atoms with Crippen molar-refractivity contribution in [3.05, 3.63) is 46.6 Å². The van der Waals surface area contributed by atoms with Gasteiger partial charge in [-0.1, -0.05) is 24.4 Å². The molecule has 8 nitrogen and oxygen atoms in total. The van der Waals surface area contributed by atoms with E-state index >= 15 is 4.39 Å². The van der Waals surface area contributed by atoms with E-state index < -0.39 is 39.4 Å². The number of ether oxygens (including phenoxy) is 1. The van der Waals surface area contributed by atoms with Crippen LogP contribution in [-0.2, 0) is 6.18 Å². The number of hydrogen-bond acceptors (Lipinski definition) is 8. The van der Waals surface area contributed by atoms with Gasteiger partial charge >= 0.3 is 12.2 Å². The molecule has 1 aliphatic carbocycles. The van der Waals surface area contributed by atoms with E-state index in [-0.39, 0.29) is 40.8 Å². The average molecular weight is 690 g/mol. The van der Waals surface area contributed by atoms with Gasteiger partial charge in [-0.2, -0.15) is 23.1 Å². The zero-order chi connectivity index (χ0) is 33.4. The van der Waals surface area contributed by atoms with Crippen LogP contribution in [0.1, 0.15) is 63.4 Å². The molecule has 0 radical (unpaired) electrons. The molecule has 2 bridgehead atoms. The van der Waals surface area contributed by atoms with Gasteiger partial charge in [0.15, 0.2) is 5.82 Å². The third-order valence-electron chi connectivity index (χ3n) is 11.4. The predicted molar refractivity (Wildman–Crippen MR) is 173 cm³/mol. The lowest BCUT2D eigenvalue weighted by Crippen LogP contribution is -2.62. The standard InChI is InChI=1S/C34H37ClF5N7O/c35-25-11-21(41)10-23(26(25)34(38,39)40)28-27(37)29-24(14-42-28)30(46-16-22-6-8-33(17-46,45-22)20-4-1-2-5-20)44-31(43-29)48-18-32-7-3-9-47(32)15-19(12-32)13-36/h10-11,13-14,20,22,45H,1-9,12,15-18,41H2/b19-13-/t22-,32-,33+/m0/s1. The highest BCUT2D eigenvalue weighted by atomic mass is 35.5. The molecule has 48 heavy (non-hydrogen) atoms. The number of nitrogen functional groups attached to an aromatic ring is 1. The van der Waals surface area contributed by atoms with Crippen molar-refractivity contribution in [2.24, 2.45) is 5.92 Å².